The normalized spacial score (nSPS) is 10.3. The van der Waals surface area contributed by atoms with Crippen molar-refractivity contribution in [3.05, 3.63) is 30.0 Å². The maximum atomic E-state index is 11.0. The predicted octanol–water partition coefficient (Wildman–Crippen LogP) is 0.311. The van der Waals surface area contributed by atoms with Crippen LogP contribution in [0.4, 0.5) is 5.95 Å². The van der Waals surface area contributed by atoms with Gasteiger partial charge in [0, 0.05) is 5.39 Å². The summed E-state index contributed by atoms with van der Waals surface area (Å²) in [5.41, 5.74) is 11.4. The van der Waals surface area contributed by atoms with Crippen LogP contribution >= 0.6 is 0 Å². The molecule has 5 nitrogen and oxygen atoms in total. The molecule has 70 valence electrons. The van der Waals surface area contributed by atoms with Crippen molar-refractivity contribution in [1.29, 1.82) is 0 Å². The molecule has 0 aliphatic rings. The minimum Gasteiger partial charge on any atom is -0.368 e. The molecule has 0 aliphatic heterocycles. The zero-order valence-corrected chi connectivity index (χ0v) is 7.27. The van der Waals surface area contributed by atoms with E-state index in [1.54, 1.807) is 24.3 Å². The predicted molar refractivity (Wildman–Crippen MR) is 52.5 cm³/mol. The Labute approximate surface area is 79.8 Å². The van der Waals surface area contributed by atoms with Gasteiger partial charge in [0.2, 0.25) is 5.95 Å². The second kappa shape index (κ2) is 2.95. The standard InChI is InChI=1S/C9H8N4O/c10-8(14)7-5-3-1-2-4-6(5)12-9(11)13-7/h1-4H,(H2,10,14)(H2,11,12,13). The van der Waals surface area contributed by atoms with E-state index in [0.717, 1.165) is 0 Å². The molecule has 1 heterocycles. The maximum absolute atomic E-state index is 11.0. The van der Waals surface area contributed by atoms with Gasteiger partial charge in [0.15, 0.2) is 0 Å². The molecule has 2 rings (SSSR count). The molecule has 1 aromatic carbocycles. The van der Waals surface area contributed by atoms with E-state index in [1.807, 2.05) is 0 Å². The number of anilines is 1. The summed E-state index contributed by atoms with van der Waals surface area (Å²) in [5.74, 6) is -0.548. The van der Waals surface area contributed by atoms with Crippen LogP contribution in [0.5, 0.6) is 0 Å². The van der Waals surface area contributed by atoms with Crippen molar-refractivity contribution in [2.24, 2.45) is 5.73 Å². The molecular weight excluding hydrogens is 180 g/mol. The fraction of sp³-hybridized carbons (Fsp3) is 0. The first-order valence-electron chi connectivity index (χ1n) is 4.00. The summed E-state index contributed by atoms with van der Waals surface area (Å²) < 4.78 is 0. The van der Waals surface area contributed by atoms with Crippen LogP contribution in [-0.4, -0.2) is 15.9 Å². The monoisotopic (exact) mass is 188 g/mol. The number of aromatic nitrogens is 2. The van der Waals surface area contributed by atoms with Gasteiger partial charge in [0.1, 0.15) is 5.69 Å². The summed E-state index contributed by atoms with van der Waals surface area (Å²) in [7, 11) is 0. The summed E-state index contributed by atoms with van der Waals surface area (Å²) in [6, 6.07) is 7.07. The van der Waals surface area contributed by atoms with Crippen molar-refractivity contribution in [1.82, 2.24) is 9.97 Å². The smallest absolute Gasteiger partial charge is 0.268 e. The Kier molecular flexibility index (Phi) is 1.78. The van der Waals surface area contributed by atoms with E-state index in [2.05, 4.69) is 9.97 Å². The molecule has 2 aromatic rings. The van der Waals surface area contributed by atoms with E-state index in [1.165, 1.54) is 0 Å². The average Bonchev–Trinajstić information content (AvgIpc) is 2.16. The van der Waals surface area contributed by atoms with E-state index in [-0.39, 0.29) is 11.6 Å². The Morgan fingerprint density at radius 1 is 1.21 bits per heavy atom. The molecule has 0 atom stereocenters. The van der Waals surface area contributed by atoms with Gasteiger partial charge in [-0.25, -0.2) is 9.97 Å². The van der Waals surface area contributed by atoms with E-state index in [9.17, 15) is 4.79 Å². The molecule has 0 radical (unpaired) electrons. The number of benzene rings is 1. The van der Waals surface area contributed by atoms with E-state index in [4.69, 9.17) is 11.5 Å². The fourth-order valence-electron chi connectivity index (χ4n) is 1.28. The van der Waals surface area contributed by atoms with Crippen LogP contribution in [0, 0.1) is 0 Å². The van der Waals surface area contributed by atoms with Gasteiger partial charge in [-0.15, -0.1) is 0 Å². The molecular formula is C9H8N4O. The van der Waals surface area contributed by atoms with Gasteiger partial charge in [-0.3, -0.25) is 4.79 Å². The Morgan fingerprint density at radius 2 is 1.93 bits per heavy atom. The number of nitrogens with zero attached hydrogens (tertiary/aromatic N) is 2. The largest absolute Gasteiger partial charge is 0.368 e. The lowest BCUT2D eigenvalue weighted by molar-refractivity contribution is 0.0997. The molecule has 5 heteroatoms. The number of hydrogen-bond donors (Lipinski definition) is 2. The van der Waals surface area contributed by atoms with Gasteiger partial charge in [0.25, 0.3) is 5.91 Å². The van der Waals surface area contributed by atoms with Crippen LogP contribution in [-0.2, 0) is 0 Å². The number of carbonyl (C=O) groups is 1. The van der Waals surface area contributed by atoms with Crippen LogP contribution in [0.1, 0.15) is 10.5 Å². The number of amides is 1. The summed E-state index contributed by atoms with van der Waals surface area (Å²) in [4.78, 5) is 18.8. The summed E-state index contributed by atoms with van der Waals surface area (Å²) in [5, 5.41) is 0.620. The first-order chi connectivity index (χ1) is 6.68. The molecule has 4 N–H and O–H groups in total. The third-order valence-electron chi connectivity index (χ3n) is 1.85. The quantitative estimate of drug-likeness (QED) is 0.673. The Hall–Kier alpha value is -2.17. The van der Waals surface area contributed by atoms with E-state index < -0.39 is 5.91 Å². The molecule has 1 amide bonds. The number of primary amides is 1. The molecule has 14 heavy (non-hydrogen) atoms. The molecule has 0 fully saturated rings. The number of nitrogens with two attached hydrogens (primary N) is 2. The number of rotatable bonds is 1. The number of hydrogen-bond acceptors (Lipinski definition) is 4. The molecule has 0 spiro atoms. The van der Waals surface area contributed by atoms with Crippen molar-refractivity contribution in [2.75, 3.05) is 5.73 Å². The van der Waals surface area contributed by atoms with E-state index in [0.29, 0.717) is 10.9 Å². The van der Waals surface area contributed by atoms with Crippen LogP contribution in [0.2, 0.25) is 0 Å². The average molecular weight is 188 g/mol. The molecule has 0 saturated carbocycles. The van der Waals surface area contributed by atoms with Crippen LogP contribution in [0.25, 0.3) is 10.9 Å². The second-order valence-corrected chi connectivity index (χ2v) is 2.81. The van der Waals surface area contributed by atoms with Crippen LogP contribution < -0.4 is 11.5 Å². The lowest BCUT2D eigenvalue weighted by Gasteiger charge is -2.02. The fourth-order valence-corrected chi connectivity index (χ4v) is 1.28. The summed E-state index contributed by atoms with van der Waals surface area (Å²) in [6.07, 6.45) is 0. The summed E-state index contributed by atoms with van der Waals surface area (Å²) in [6.45, 7) is 0. The van der Waals surface area contributed by atoms with Crippen molar-refractivity contribution in [3.8, 4) is 0 Å². The molecule has 0 aliphatic carbocycles. The van der Waals surface area contributed by atoms with Gasteiger partial charge in [0.05, 0.1) is 5.52 Å². The van der Waals surface area contributed by atoms with Gasteiger partial charge in [-0.1, -0.05) is 18.2 Å². The van der Waals surface area contributed by atoms with Gasteiger partial charge < -0.3 is 11.5 Å². The number of nitrogen functional groups attached to an aromatic ring is 1. The van der Waals surface area contributed by atoms with Gasteiger partial charge in [-0.2, -0.15) is 0 Å². The van der Waals surface area contributed by atoms with Crippen molar-refractivity contribution < 1.29 is 4.79 Å². The highest BCUT2D eigenvalue weighted by Gasteiger charge is 2.09. The minimum absolute atomic E-state index is 0.0532. The SMILES string of the molecule is NC(=O)c1nc(N)nc2ccccc12. The van der Waals surface area contributed by atoms with Crippen LogP contribution in [0.15, 0.2) is 24.3 Å². The lowest BCUT2D eigenvalue weighted by Crippen LogP contribution is -2.15. The third kappa shape index (κ3) is 1.24. The Balaban J connectivity index is 2.87. The molecule has 0 unspecified atom stereocenters. The minimum atomic E-state index is -0.602. The highest BCUT2D eigenvalue weighted by Crippen LogP contribution is 2.15. The maximum Gasteiger partial charge on any atom is 0.268 e. The Bertz CT molecular complexity index is 509. The van der Waals surface area contributed by atoms with Crippen LogP contribution in [0.3, 0.4) is 0 Å². The third-order valence-corrected chi connectivity index (χ3v) is 1.85. The van der Waals surface area contributed by atoms with Gasteiger partial charge >= 0.3 is 0 Å². The number of carbonyl (C=O) groups excluding carboxylic acids is 1. The highest BCUT2D eigenvalue weighted by molar-refractivity contribution is 6.03. The highest BCUT2D eigenvalue weighted by atomic mass is 16.1. The second-order valence-electron chi connectivity index (χ2n) is 2.81. The number of fused-ring (bicyclic) bond motifs is 1. The molecule has 1 aromatic heterocycles. The van der Waals surface area contributed by atoms with Crippen molar-refractivity contribution in [3.63, 3.8) is 0 Å². The first-order valence-corrected chi connectivity index (χ1v) is 4.00. The van der Waals surface area contributed by atoms with Crippen molar-refractivity contribution >= 4 is 22.8 Å². The molecule has 0 bridgehead atoms. The zero-order valence-electron chi connectivity index (χ0n) is 7.27. The number of para-hydroxylation sites is 1. The molecule has 0 saturated heterocycles. The first kappa shape index (κ1) is 8.43. The van der Waals surface area contributed by atoms with Crippen molar-refractivity contribution in [2.45, 2.75) is 0 Å². The zero-order chi connectivity index (χ0) is 10.1. The summed E-state index contributed by atoms with van der Waals surface area (Å²) >= 11 is 0. The lowest BCUT2D eigenvalue weighted by atomic mass is 10.2. The Morgan fingerprint density at radius 3 is 2.64 bits per heavy atom. The van der Waals surface area contributed by atoms with Gasteiger partial charge in [-0.05, 0) is 6.07 Å². The topological polar surface area (TPSA) is 94.9 Å². The van der Waals surface area contributed by atoms with E-state index >= 15 is 0 Å².